The Kier molecular flexibility index (Phi) is 6.68. The van der Waals surface area contributed by atoms with Gasteiger partial charge in [-0.25, -0.2) is 4.39 Å². The number of fused-ring (bicyclic) bond motifs is 1. The predicted octanol–water partition coefficient (Wildman–Crippen LogP) is 3.53. The number of H-pyrrole nitrogens is 1. The lowest BCUT2D eigenvalue weighted by molar-refractivity contribution is 0.494. The fourth-order valence-corrected chi connectivity index (χ4v) is 3.00. The molecule has 0 unspecified atom stereocenters. The first kappa shape index (κ1) is 18.0. The van der Waals surface area contributed by atoms with E-state index in [1.807, 2.05) is 12.3 Å². The quantitative estimate of drug-likeness (QED) is 0.443. The number of likely N-dealkylation sites (tertiary alicyclic amines) is 1. The van der Waals surface area contributed by atoms with E-state index in [1.54, 1.807) is 0 Å². The van der Waals surface area contributed by atoms with Crippen molar-refractivity contribution in [3.8, 4) is 0 Å². The molecule has 0 atom stereocenters. The van der Waals surface area contributed by atoms with E-state index in [-0.39, 0.29) is 29.8 Å². The zero-order valence-corrected chi connectivity index (χ0v) is 15.8. The Morgan fingerprint density at radius 3 is 2.87 bits per heavy atom. The summed E-state index contributed by atoms with van der Waals surface area (Å²) >= 11 is 0. The summed E-state index contributed by atoms with van der Waals surface area (Å²) in [5, 5.41) is 4.45. The molecule has 23 heavy (non-hydrogen) atoms. The average molecular weight is 430 g/mol. The molecule has 2 heterocycles. The van der Waals surface area contributed by atoms with Gasteiger partial charge >= 0.3 is 0 Å². The summed E-state index contributed by atoms with van der Waals surface area (Å²) in [5.41, 5.74) is 2.04. The normalized spacial score (nSPS) is 15.0. The smallest absolute Gasteiger partial charge is 0.193 e. The highest BCUT2D eigenvalue weighted by Crippen LogP contribution is 2.19. The minimum atomic E-state index is -0.206. The number of guanidine groups is 1. The maximum absolute atomic E-state index is 13.2. The first-order valence-electron chi connectivity index (χ1n) is 8.06. The van der Waals surface area contributed by atoms with Crippen molar-refractivity contribution in [1.82, 2.24) is 15.2 Å². The second-order valence-electron chi connectivity index (χ2n) is 5.68. The third-order valence-electron chi connectivity index (χ3n) is 4.11. The monoisotopic (exact) mass is 430 g/mol. The molecule has 2 N–H and O–H groups in total. The molecule has 1 aliphatic heterocycles. The molecule has 1 aliphatic rings. The first-order valence-corrected chi connectivity index (χ1v) is 8.06. The SMILES string of the molecule is CCNC(=NCCc1c[nH]c2cc(F)ccc12)N1CCCC1.I. The van der Waals surface area contributed by atoms with Gasteiger partial charge in [-0.05, 0) is 49.9 Å². The number of hydrogen-bond acceptors (Lipinski definition) is 1. The summed E-state index contributed by atoms with van der Waals surface area (Å²) in [6.45, 7) is 5.92. The molecule has 3 rings (SSSR count). The Morgan fingerprint density at radius 1 is 1.35 bits per heavy atom. The summed E-state index contributed by atoms with van der Waals surface area (Å²) in [7, 11) is 0. The lowest BCUT2D eigenvalue weighted by Gasteiger charge is -2.20. The number of aliphatic imine (C=N–C) groups is 1. The van der Waals surface area contributed by atoms with E-state index in [1.165, 1.54) is 30.5 Å². The van der Waals surface area contributed by atoms with Crippen molar-refractivity contribution >= 4 is 40.8 Å². The molecular weight excluding hydrogens is 406 g/mol. The summed E-state index contributed by atoms with van der Waals surface area (Å²) in [6, 6.07) is 4.89. The van der Waals surface area contributed by atoms with Crippen molar-refractivity contribution < 1.29 is 4.39 Å². The van der Waals surface area contributed by atoms with E-state index in [0.717, 1.165) is 49.5 Å². The fourth-order valence-electron chi connectivity index (χ4n) is 3.00. The van der Waals surface area contributed by atoms with E-state index in [0.29, 0.717) is 0 Å². The molecule has 0 bridgehead atoms. The zero-order chi connectivity index (χ0) is 15.4. The second-order valence-corrected chi connectivity index (χ2v) is 5.68. The van der Waals surface area contributed by atoms with Crippen LogP contribution >= 0.6 is 24.0 Å². The molecule has 0 spiro atoms. The molecule has 0 amide bonds. The Morgan fingerprint density at radius 2 is 2.13 bits per heavy atom. The average Bonchev–Trinajstić information content (AvgIpc) is 3.16. The van der Waals surface area contributed by atoms with Crippen LogP contribution in [0.4, 0.5) is 4.39 Å². The number of hydrogen-bond donors (Lipinski definition) is 2. The van der Waals surface area contributed by atoms with E-state index < -0.39 is 0 Å². The van der Waals surface area contributed by atoms with E-state index in [9.17, 15) is 4.39 Å². The van der Waals surface area contributed by atoms with Gasteiger partial charge in [0.15, 0.2) is 5.96 Å². The lowest BCUT2D eigenvalue weighted by Crippen LogP contribution is -2.39. The van der Waals surface area contributed by atoms with E-state index in [2.05, 4.69) is 22.1 Å². The number of aromatic amines is 1. The maximum Gasteiger partial charge on any atom is 0.193 e. The summed E-state index contributed by atoms with van der Waals surface area (Å²) in [5.74, 6) is 0.813. The van der Waals surface area contributed by atoms with Crippen LogP contribution in [-0.2, 0) is 6.42 Å². The topological polar surface area (TPSA) is 43.4 Å². The third-order valence-corrected chi connectivity index (χ3v) is 4.11. The zero-order valence-electron chi connectivity index (χ0n) is 13.4. The minimum absolute atomic E-state index is 0. The van der Waals surface area contributed by atoms with Crippen molar-refractivity contribution in [1.29, 1.82) is 0 Å². The predicted molar refractivity (Wildman–Crippen MR) is 104 cm³/mol. The van der Waals surface area contributed by atoms with Crippen LogP contribution in [0.25, 0.3) is 10.9 Å². The van der Waals surface area contributed by atoms with Crippen molar-refractivity contribution in [2.45, 2.75) is 26.2 Å². The molecule has 6 heteroatoms. The van der Waals surface area contributed by atoms with Crippen LogP contribution in [0.5, 0.6) is 0 Å². The van der Waals surface area contributed by atoms with Crippen LogP contribution in [0.2, 0.25) is 0 Å². The van der Waals surface area contributed by atoms with Crippen LogP contribution < -0.4 is 5.32 Å². The van der Waals surface area contributed by atoms with Gasteiger partial charge in [-0.2, -0.15) is 0 Å². The molecule has 4 nitrogen and oxygen atoms in total. The molecule has 1 aromatic heterocycles. The van der Waals surface area contributed by atoms with Gasteiger partial charge in [-0.1, -0.05) is 0 Å². The number of nitrogens with zero attached hydrogens (tertiary/aromatic N) is 2. The van der Waals surface area contributed by atoms with Crippen molar-refractivity contribution in [3.05, 3.63) is 35.8 Å². The number of halogens is 2. The van der Waals surface area contributed by atoms with E-state index in [4.69, 9.17) is 4.99 Å². The first-order chi connectivity index (χ1) is 10.8. The van der Waals surface area contributed by atoms with E-state index >= 15 is 0 Å². The number of rotatable bonds is 4. The Hall–Kier alpha value is -1.31. The van der Waals surface area contributed by atoms with Crippen LogP contribution in [-0.4, -0.2) is 42.0 Å². The fraction of sp³-hybridized carbons (Fsp3) is 0.471. The highest BCUT2D eigenvalue weighted by molar-refractivity contribution is 14.0. The maximum atomic E-state index is 13.2. The van der Waals surface area contributed by atoms with Gasteiger partial charge in [0, 0.05) is 43.3 Å². The molecule has 1 aromatic carbocycles. The molecule has 126 valence electrons. The molecule has 0 saturated carbocycles. The van der Waals surface area contributed by atoms with Crippen LogP contribution in [0, 0.1) is 5.82 Å². The van der Waals surface area contributed by atoms with Gasteiger partial charge in [0.1, 0.15) is 5.82 Å². The van der Waals surface area contributed by atoms with Gasteiger partial charge in [0.2, 0.25) is 0 Å². The number of benzene rings is 1. The van der Waals surface area contributed by atoms with Gasteiger partial charge in [-0.3, -0.25) is 4.99 Å². The molecular formula is C17H24FIN4. The Balaban J connectivity index is 0.00000192. The summed E-state index contributed by atoms with van der Waals surface area (Å²) < 4.78 is 13.2. The van der Waals surface area contributed by atoms with Crippen molar-refractivity contribution in [2.75, 3.05) is 26.2 Å². The molecule has 1 saturated heterocycles. The highest BCUT2D eigenvalue weighted by Gasteiger charge is 2.15. The van der Waals surface area contributed by atoms with Crippen LogP contribution in [0.1, 0.15) is 25.3 Å². The minimum Gasteiger partial charge on any atom is -0.361 e. The highest BCUT2D eigenvalue weighted by atomic mass is 127. The van der Waals surface area contributed by atoms with Gasteiger partial charge in [0.05, 0.1) is 0 Å². The molecule has 2 aromatic rings. The summed E-state index contributed by atoms with van der Waals surface area (Å²) in [4.78, 5) is 10.2. The molecule has 0 radical (unpaired) electrons. The molecule has 0 aliphatic carbocycles. The van der Waals surface area contributed by atoms with Gasteiger partial charge < -0.3 is 15.2 Å². The lowest BCUT2D eigenvalue weighted by atomic mass is 10.1. The largest absolute Gasteiger partial charge is 0.361 e. The van der Waals surface area contributed by atoms with Gasteiger partial charge in [0.25, 0.3) is 0 Å². The van der Waals surface area contributed by atoms with Crippen LogP contribution in [0.15, 0.2) is 29.4 Å². The molecule has 1 fully saturated rings. The number of aromatic nitrogens is 1. The Bertz CT molecular complexity index is 662. The standard InChI is InChI=1S/C17H23FN4.HI/c1-2-19-17(22-9-3-4-10-22)20-8-7-13-12-21-16-11-14(18)5-6-15(13)16;/h5-6,11-12,21H,2-4,7-10H2,1H3,(H,19,20);1H. The second kappa shape index (κ2) is 8.52. The summed E-state index contributed by atoms with van der Waals surface area (Å²) in [6.07, 6.45) is 5.31. The number of nitrogens with one attached hydrogen (secondary N) is 2. The van der Waals surface area contributed by atoms with Crippen LogP contribution in [0.3, 0.4) is 0 Å². The third kappa shape index (κ3) is 4.37. The van der Waals surface area contributed by atoms with Gasteiger partial charge in [-0.15, -0.1) is 24.0 Å². The van der Waals surface area contributed by atoms with Crippen molar-refractivity contribution in [2.24, 2.45) is 4.99 Å². The Labute approximate surface area is 153 Å². The van der Waals surface area contributed by atoms with Crippen molar-refractivity contribution in [3.63, 3.8) is 0 Å².